The van der Waals surface area contributed by atoms with Crippen molar-refractivity contribution in [2.45, 2.75) is 38.1 Å². The van der Waals surface area contributed by atoms with Gasteiger partial charge < -0.3 is 25.6 Å². The summed E-state index contributed by atoms with van der Waals surface area (Å²) in [5, 5.41) is 3.75. The zero-order chi connectivity index (χ0) is 25.1. The van der Waals surface area contributed by atoms with Gasteiger partial charge in [-0.05, 0) is 81.2 Å². The summed E-state index contributed by atoms with van der Waals surface area (Å²) in [6.07, 6.45) is 6.49. The lowest BCUT2D eigenvalue weighted by atomic mass is 9.99. The van der Waals surface area contributed by atoms with Crippen LogP contribution in [0.2, 0.25) is 0 Å². The second-order valence-electron chi connectivity index (χ2n) is 9.40. The van der Waals surface area contributed by atoms with Crippen molar-refractivity contribution in [1.29, 1.82) is 0 Å². The first-order valence-electron chi connectivity index (χ1n) is 12.5. The van der Waals surface area contributed by atoms with Crippen molar-refractivity contribution >= 4 is 39.4 Å². The van der Waals surface area contributed by atoms with Crippen LogP contribution in [0.15, 0.2) is 42.5 Å². The van der Waals surface area contributed by atoms with Crippen LogP contribution in [-0.4, -0.2) is 55.0 Å². The van der Waals surface area contributed by atoms with E-state index in [4.69, 9.17) is 10.5 Å². The van der Waals surface area contributed by atoms with Crippen LogP contribution in [0.25, 0.3) is 0 Å². The number of nitrogens with one attached hydrogen (secondary N) is 1. The molecule has 36 heavy (non-hydrogen) atoms. The second-order valence-corrected chi connectivity index (χ2v) is 10.4. The Hall–Kier alpha value is -3.17. The number of rotatable bonds is 7. The fourth-order valence-electron chi connectivity index (χ4n) is 5.14. The molecule has 0 saturated carbocycles. The summed E-state index contributed by atoms with van der Waals surface area (Å²) >= 11 is 1.15. The Bertz CT molecular complexity index is 1200. The van der Waals surface area contributed by atoms with E-state index in [9.17, 15) is 9.18 Å². The zero-order valence-electron chi connectivity index (χ0n) is 20.5. The number of ether oxygens (including phenoxy) is 1. The summed E-state index contributed by atoms with van der Waals surface area (Å²) in [4.78, 5) is 22.6. The van der Waals surface area contributed by atoms with Gasteiger partial charge in [-0.25, -0.2) is 9.37 Å². The SMILES string of the molecule is COc1ccc(C(=O)c2sc(Nc3ccc(N4CCC(N5CCCCC5)CC4)cc3)nc2N)cc1F. The number of carbonyl (C=O) groups is 1. The van der Waals surface area contributed by atoms with Crippen LogP contribution in [0.5, 0.6) is 5.75 Å². The summed E-state index contributed by atoms with van der Waals surface area (Å²) in [7, 11) is 1.38. The second kappa shape index (κ2) is 10.8. The molecule has 0 atom stereocenters. The number of ketones is 1. The number of likely N-dealkylation sites (tertiary alicyclic amines) is 1. The van der Waals surface area contributed by atoms with E-state index in [2.05, 4.69) is 32.2 Å². The van der Waals surface area contributed by atoms with Gasteiger partial charge in [0.1, 0.15) is 10.7 Å². The largest absolute Gasteiger partial charge is 0.494 e. The molecule has 2 saturated heterocycles. The molecule has 0 spiro atoms. The molecule has 2 aliphatic heterocycles. The Morgan fingerprint density at radius 1 is 1.08 bits per heavy atom. The van der Waals surface area contributed by atoms with E-state index in [1.165, 1.54) is 70.1 Å². The van der Waals surface area contributed by atoms with E-state index in [1.54, 1.807) is 0 Å². The minimum Gasteiger partial charge on any atom is -0.494 e. The van der Waals surface area contributed by atoms with Gasteiger partial charge in [-0.3, -0.25) is 4.79 Å². The van der Waals surface area contributed by atoms with Crippen molar-refractivity contribution in [2.75, 3.05) is 49.2 Å². The maximum absolute atomic E-state index is 14.1. The lowest BCUT2D eigenvalue weighted by Crippen LogP contribution is -2.46. The minimum absolute atomic E-state index is 0.0843. The lowest BCUT2D eigenvalue weighted by Gasteiger charge is -2.41. The van der Waals surface area contributed by atoms with Gasteiger partial charge in [0, 0.05) is 36.1 Å². The summed E-state index contributed by atoms with van der Waals surface area (Å²) in [5.41, 5.74) is 8.30. The number of aromatic nitrogens is 1. The normalized spacial score (nSPS) is 17.2. The zero-order valence-corrected chi connectivity index (χ0v) is 21.3. The molecule has 0 unspecified atom stereocenters. The number of nitrogens with zero attached hydrogens (tertiary/aromatic N) is 3. The minimum atomic E-state index is -0.597. The number of carbonyl (C=O) groups excluding carboxylic acids is 1. The summed E-state index contributed by atoms with van der Waals surface area (Å²) in [5.74, 6) is -0.763. The highest BCUT2D eigenvalue weighted by molar-refractivity contribution is 7.18. The first-order valence-corrected chi connectivity index (χ1v) is 13.3. The Balaban J connectivity index is 1.20. The van der Waals surface area contributed by atoms with Gasteiger partial charge in [0.2, 0.25) is 5.78 Å². The highest BCUT2D eigenvalue weighted by Crippen LogP contribution is 2.32. The molecule has 9 heteroatoms. The lowest BCUT2D eigenvalue weighted by molar-refractivity contribution is 0.104. The van der Waals surface area contributed by atoms with Crippen molar-refractivity contribution < 1.29 is 13.9 Å². The Kier molecular flexibility index (Phi) is 7.38. The maximum atomic E-state index is 14.1. The molecule has 0 amide bonds. The molecule has 2 aliphatic rings. The summed E-state index contributed by atoms with van der Waals surface area (Å²) in [6, 6.07) is 13.1. The fraction of sp³-hybridized carbons (Fsp3) is 0.407. The van der Waals surface area contributed by atoms with Crippen LogP contribution in [0.3, 0.4) is 0 Å². The molecule has 2 aromatic carbocycles. The average molecular weight is 510 g/mol. The molecule has 190 valence electrons. The molecular formula is C27H32FN5O2S. The number of thiazole rings is 1. The van der Waals surface area contributed by atoms with Crippen LogP contribution < -0.4 is 20.7 Å². The molecule has 3 aromatic rings. The predicted molar refractivity (Wildman–Crippen MR) is 143 cm³/mol. The quantitative estimate of drug-likeness (QED) is 0.418. The summed E-state index contributed by atoms with van der Waals surface area (Å²) < 4.78 is 19.0. The third kappa shape index (κ3) is 5.32. The first-order chi connectivity index (χ1) is 17.5. The van der Waals surface area contributed by atoms with Crippen molar-refractivity contribution in [1.82, 2.24) is 9.88 Å². The van der Waals surface area contributed by atoms with Gasteiger partial charge in [0.25, 0.3) is 0 Å². The van der Waals surface area contributed by atoms with Crippen LogP contribution in [0.1, 0.15) is 47.3 Å². The van der Waals surface area contributed by atoms with E-state index in [0.717, 1.165) is 42.2 Å². The number of methoxy groups -OCH3 is 1. The maximum Gasteiger partial charge on any atom is 0.206 e. The van der Waals surface area contributed by atoms with Crippen LogP contribution in [-0.2, 0) is 0 Å². The van der Waals surface area contributed by atoms with Crippen molar-refractivity contribution in [3.63, 3.8) is 0 Å². The Labute approximate surface area is 215 Å². The van der Waals surface area contributed by atoms with E-state index in [0.29, 0.717) is 5.13 Å². The molecule has 5 rings (SSSR count). The van der Waals surface area contributed by atoms with E-state index >= 15 is 0 Å². The number of halogens is 1. The highest BCUT2D eigenvalue weighted by atomic mass is 32.1. The Morgan fingerprint density at radius 3 is 2.47 bits per heavy atom. The third-order valence-corrected chi connectivity index (χ3v) is 8.11. The average Bonchev–Trinajstić information content (AvgIpc) is 3.29. The van der Waals surface area contributed by atoms with Crippen molar-refractivity contribution in [2.24, 2.45) is 0 Å². The fourth-order valence-corrected chi connectivity index (χ4v) is 6.01. The third-order valence-electron chi connectivity index (χ3n) is 7.13. The molecule has 1 aromatic heterocycles. The van der Waals surface area contributed by atoms with Gasteiger partial charge in [0.15, 0.2) is 16.7 Å². The number of nitrogens with two attached hydrogens (primary N) is 1. The van der Waals surface area contributed by atoms with Crippen LogP contribution in [0, 0.1) is 5.82 Å². The molecule has 3 heterocycles. The number of hydrogen-bond donors (Lipinski definition) is 2. The molecule has 7 nitrogen and oxygen atoms in total. The standard InChI is InChI=1S/C27H32FN5O2S/c1-35-23-10-5-18(17-22(23)28)24(34)25-26(29)31-27(36-25)30-19-6-8-20(9-7-19)33-15-11-21(12-16-33)32-13-3-2-4-14-32/h5-10,17,21H,2-4,11-16,29H2,1H3,(H,30,31). The van der Waals surface area contributed by atoms with Gasteiger partial charge in [0.05, 0.1) is 7.11 Å². The predicted octanol–water partition coefficient (Wildman–Crippen LogP) is 5.30. The van der Waals surface area contributed by atoms with Crippen molar-refractivity contribution in [3.05, 3.63) is 58.7 Å². The molecular weight excluding hydrogens is 477 g/mol. The summed E-state index contributed by atoms with van der Waals surface area (Å²) in [6.45, 7) is 4.68. The number of benzene rings is 2. The van der Waals surface area contributed by atoms with Gasteiger partial charge in [-0.2, -0.15) is 0 Å². The molecule has 2 fully saturated rings. The number of hydrogen-bond acceptors (Lipinski definition) is 8. The number of nitrogen functional groups attached to an aromatic ring is 1. The smallest absolute Gasteiger partial charge is 0.206 e. The highest BCUT2D eigenvalue weighted by Gasteiger charge is 2.25. The van der Waals surface area contributed by atoms with E-state index in [-0.39, 0.29) is 27.8 Å². The molecule has 0 bridgehead atoms. The number of piperidine rings is 2. The first kappa shape index (κ1) is 24.5. The van der Waals surface area contributed by atoms with E-state index < -0.39 is 5.82 Å². The van der Waals surface area contributed by atoms with E-state index in [1.807, 2.05) is 12.1 Å². The van der Waals surface area contributed by atoms with Gasteiger partial charge in [-0.1, -0.05) is 17.8 Å². The molecule has 0 radical (unpaired) electrons. The monoisotopic (exact) mass is 509 g/mol. The molecule has 0 aliphatic carbocycles. The van der Waals surface area contributed by atoms with Crippen molar-refractivity contribution in [3.8, 4) is 5.75 Å². The molecule has 3 N–H and O–H groups in total. The van der Waals surface area contributed by atoms with Crippen LogP contribution >= 0.6 is 11.3 Å². The van der Waals surface area contributed by atoms with Gasteiger partial charge in [-0.15, -0.1) is 0 Å². The topological polar surface area (TPSA) is 83.7 Å². The number of anilines is 4. The Morgan fingerprint density at radius 2 is 1.81 bits per heavy atom. The van der Waals surface area contributed by atoms with Gasteiger partial charge >= 0.3 is 0 Å². The van der Waals surface area contributed by atoms with Crippen LogP contribution in [0.4, 0.5) is 26.7 Å².